The Morgan fingerprint density at radius 3 is 2.73 bits per heavy atom. The van der Waals surface area contributed by atoms with Crippen LogP contribution < -0.4 is 16.0 Å². The van der Waals surface area contributed by atoms with E-state index in [1.54, 1.807) is 11.3 Å². The van der Waals surface area contributed by atoms with E-state index in [0.29, 0.717) is 0 Å². The predicted octanol–water partition coefficient (Wildman–Crippen LogP) is 2.49. The largest absolute Gasteiger partial charge is 0.446 e. The van der Waals surface area contributed by atoms with E-state index in [1.807, 2.05) is 13.1 Å². The van der Waals surface area contributed by atoms with Gasteiger partial charge in [-0.05, 0) is 24.6 Å². The summed E-state index contributed by atoms with van der Waals surface area (Å²) in [5.41, 5.74) is 6.36. The van der Waals surface area contributed by atoms with E-state index in [9.17, 15) is 4.79 Å². The van der Waals surface area contributed by atoms with Crippen molar-refractivity contribution in [3.05, 3.63) is 28.8 Å². The average molecular weight is 433 g/mol. The van der Waals surface area contributed by atoms with Crippen molar-refractivity contribution < 1.29 is 14.3 Å². The maximum absolute atomic E-state index is 11.0. The Labute approximate surface area is 180 Å². The maximum Gasteiger partial charge on any atom is 0.404 e. The molecule has 9 nitrogen and oxygen atoms in total. The molecule has 2 aliphatic rings. The van der Waals surface area contributed by atoms with E-state index in [0.717, 1.165) is 80.4 Å². The van der Waals surface area contributed by atoms with Crippen LogP contribution in [0.3, 0.4) is 0 Å². The number of carbonyl (C=O) groups excluding carboxylic acids is 1. The molecule has 2 saturated heterocycles. The van der Waals surface area contributed by atoms with Gasteiger partial charge in [-0.1, -0.05) is 0 Å². The molecular weight excluding hydrogens is 404 g/mol. The molecule has 0 saturated carbocycles. The first kappa shape index (κ1) is 20.8. The van der Waals surface area contributed by atoms with Gasteiger partial charge in [-0.15, -0.1) is 11.3 Å². The predicted molar refractivity (Wildman–Crippen MR) is 116 cm³/mol. The number of primary amides is 1. The van der Waals surface area contributed by atoms with Crippen LogP contribution in [0.25, 0.3) is 0 Å². The minimum absolute atomic E-state index is 0.119. The van der Waals surface area contributed by atoms with Gasteiger partial charge in [-0.3, -0.25) is 4.90 Å². The molecule has 4 heterocycles. The van der Waals surface area contributed by atoms with Crippen LogP contribution in [0.15, 0.2) is 18.3 Å². The number of nitrogens with zero attached hydrogens (tertiary/aromatic N) is 4. The Balaban J connectivity index is 1.51. The van der Waals surface area contributed by atoms with Gasteiger partial charge in [0, 0.05) is 56.6 Å². The topological polar surface area (TPSA) is 106 Å². The Morgan fingerprint density at radius 2 is 2.07 bits per heavy atom. The monoisotopic (exact) mass is 432 g/mol. The van der Waals surface area contributed by atoms with Gasteiger partial charge in [0.25, 0.3) is 0 Å². The number of nitrogens with two attached hydrogens (primary N) is 1. The fourth-order valence-electron chi connectivity index (χ4n) is 3.79. The third-order valence-corrected chi connectivity index (χ3v) is 6.11. The minimum atomic E-state index is -0.704. The molecule has 1 amide bonds. The SMILES string of the molecule is Cc1cnc(Nc2cc(CN3CCOCC3)cc(N3CCC(OC(N)=O)CC3)n2)s1. The van der Waals surface area contributed by atoms with Crippen LogP contribution in [-0.2, 0) is 16.0 Å². The minimum Gasteiger partial charge on any atom is -0.446 e. The summed E-state index contributed by atoms with van der Waals surface area (Å²) in [6, 6.07) is 4.25. The Hall–Kier alpha value is -2.43. The molecule has 0 radical (unpaired) electrons. The fourth-order valence-corrected chi connectivity index (χ4v) is 4.47. The molecule has 0 atom stereocenters. The molecule has 4 rings (SSSR count). The second-order valence-corrected chi connectivity index (χ2v) is 8.87. The highest BCUT2D eigenvalue weighted by molar-refractivity contribution is 7.15. The van der Waals surface area contributed by atoms with Crippen LogP contribution in [0.4, 0.5) is 21.6 Å². The highest BCUT2D eigenvalue weighted by Gasteiger charge is 2.23. The number of aromatic nitrogens is 2. The van der Waals surface area contributed by atoms with E-state index in [1.165, 1.54) is 5.56 Å². The van der Waals surface area contributed by atoms with Crippen molar-refractivity contribution in [2.24, 2.45) is 5.73 Å². The number of ether oxygens (including phenoxy) is 2. The number of carbonyl (C=O) groups is 1. The number of morpholine rings is 1. The molecule has 3 N–H and O–H groups in total. The number of piperidine rings is 1. The number of hydrogen-bond acceptors (Lipinski definition) is 9. The molecule has 162 valence electrons. The molecular formula is C20H28N6O3S. The van der Waals surface area contributed by atoms with Crippen molar-refractivity contribution in [1.29, 1.82) is 0 Å². The van der Waals surface area contributed by atoms with Gasteiger partial charge >= 0.3 is 6.09 Å². The van der Waals surface area contributed by atoms with Gasteiger partial charge in [-0.25, -0.2) is 14.8 Å². The van der Waals surface area contributed by atoms with Gasteiger partial charge < -0.3 is 25.4 Å². The summed E-state index contributed by atoms with van der Waals surface area (Å²) in [6.07, 6.45) is 2.52. The molecule has 0 aliphatic carbocycles. The average Bonchev–Trinajstić information content (AvgIpc) is 3.13. The summed E-state index contributed by atoms with van der Waals surface area (Å²) in [5.74, 6) is 1.72. The van der Waals surface area contributed by atoms with Gasteiger partial charge in [0.2, 0.25) is 0 Å². The van der Waals surface area contributed by atoms with Crippen molar-refractivity contribution in [3.63, 3.8) is 0 Å². The zero-order chi connectivity index (χ0) is 20.9. The highest BCUT2D eigenvalue weighted by Crippen LogP contribution is 2.27. The number of anilines is 3. The summed E-state index contributed by atoms with van der Waals surface area (Å²) >= 11 is 1.61. The second-order valence-electron chi connectivity index (χ2n) is 7.63. The van der Waals surface area contributed by atoms with Crippen molar-refractivity contribution >= 4 is 34.2 Å². The van der Waals surface area contributed by atoms with Gasteiger partial charge in [0.05, 0.1) is 13.2 Å². The Morgan fingerprint density at radius 1 is 1.30 bits per heavy atom. The number of rotatable bonds is 6. The summed E-state index contributed by atoms with van der Waals surface area (Å²) in [4.78, 5) is 26.1. The lowest BCUT2D eigenvalue weighted by Gasteiger charge is -2.33. The van der Waals surface area contributed by atoms with Crippen LogP contribution in [0, 0.1) is 6.92 Å². The summed E-state index contributed by atoms with van der Waals surface area (Å²) < 4.78 is 10.6. The molecule has 0 spiro atoms. The quantitative estimate of drug-likeness (QED) is 0.717. The standard InChI is InChI=1S/C20H28N6O3S/c1-14-12-22-20(30-14)24-17-10-15(13-25-6-8-28-9-7-25)11-18(23-17)26-4-2-16(3-5-26)29-19(21)27/h10-12,16H,2-9,13H2,1H3,(H2,21,27)(H,22,23,24). The van der Waals surface area contributed by atoms with Crippen LogP contribution in [0.5, 0.6) is 0 Å². The first-order valence-electron chi connectivity index (χ1n) is 10.3. The molecule has 0 aromatic carbocycles. The van der Waals surface area contributed by atoms with Crippen molar-refractivity contribution in [2.45, 2.75) is 32.4 Å². The van der Waals surface area contributed by atoms with Gasteiger partial charge in [0.1, 0.15) is 17.7 Å². The highest BCUT2D eigenvalue weighted by atomic mass is 32.1. The molecule has 30 heavy (non-hydrogen) atoms. The fraction of sp³-hybridized carbons (Fsp3) is 0.550. The number of amides is 1. The molecule has 2 aliphatic heterocycles. The Kier molecular flexibility index (Phi) is 6.66. The Bertz CT molecular complexity index is 862. The molecule has 0 bridgehead atoms. The molecule has 2 fully saturated rings. The van der Waals surface area contributed by atoms with E-state index in [2.05, 4.69) is 32.2 Å². The van der Waals surface area contributed by atoms with E-state index in [-0.39, 0.29) is 6.10 Å². The van der Waals surface area contributed by atoms with E-state index in [4.69, 9.17) is 20.2 Å². The third kappa shape index (κ3) is 5.59. The summed E-state index contributed by atoms with van der Waals surface area (Å²) in [5, 5.41) is 4.19. The lowest BCUT2D eigenvalue weighted by atomic mass is 10.1. The number of aryl methyl sites for hydroxylation is 1. The van der Waals surface area contributed by atoms with Gasteiger partial charge in [0.15, 0.2) is 5.13 Å². The molecule has 0 unspecified atom stereocenters. The van der Waals surface area contributed by atoms with Crippen molar-refractivity contribution in [3.8, 4) is 0 Å². The first-order chi connectivity index (χ1) is 14.5. The molecule has 10 heteroatoms. The zero-order valence-electron chi connectivity index (χ0n) is 17.2. The molecule has 2 aromatic rings. The van der Waals surface area contributed by atoms with Crippen LogP contribution >= 0.6 is 11.3 Å². The molecule has 2 aromatic heterocycles. The van der Waals surface area contributed by atoms with Crippen molar-refractivity contribution in [1.82, 2.24) is 14.9 Å². The van der Waals surface area contributed by atoms with E-state index < -0.39 is 6.09 Å². The normalized spacial score (nSPS) is 18.4. The maximum atomic E-state index is 11.0. The summed E-state index contributed by atoms with van der Waals surface area (Å²) in [6.45, 7) is 7.83. The number of pyridine rings is 1. The smallest absolute Gasteiger partial charge is 0.404 e. The van der Waals surface area contributed by atoms with Crippen molar-refractivity contribution in [2.75, 3.05) is 49.6 Å². The van der Waals surface area contributed by atoms with Crippen LogP contribution in [-0.4, -0.2) is 66.5 Å². The number of hydrogen-bond donors (Lipinski definition) is 2. The number of thiazole rings is 1. The lowest BCUT2D eigenvalue weighted by molar-refractivity contribution is 0.0342. The van der Waals surface area contributed by atoms with E-state index >= 15 is 0 Å². The third-order valence-electron chi connectivity index (χ3n) is 5.29. The number of nitrogens with one attached hydrogen (secondary N) is 1. The first-order valence-corrected chi connectivity index (χ1v) is 11.1. The second kappa shape index (κ2) is 9.59. The van der Waals surface area contributed by atoms with Gasteiger partial charge in [-0.2, -0.15) is 0 Å². The zero-order valence-corrected chi connectivity index (χ0v) is 18.0. The lowest BCUT2D eigenvalue weighted by Crippen LogP contribution is -2.39. The van der Waals surface area contributed by atoms with Crippen LogP contribution in [0.2, 0.25) is 0 Å². The van der Waals surface area contributed by atoms with Crippen LogP contribution in [0.1, 0.15) is 23.3 Å². The summed E-state index contributed by atoms with van der Waals surface area (Å²) in [7, 11) is 0.